The predicted molar refractivity (Wildman–Crippen MR) is 133 cm³/mol. The van der Waals surface area contributed by atoms with Crippen LogP contribution in [0, 0.1) is 6.92 Å². The van der Waals surface area contributed by atoms with Crippen molar-refractivity contribution < 1.29 is 17.9 Å². The molecular formula is C25H25N3O4S2. The second kappa shape index (κ2) is 10.3. The number of ether oxygens (including phenoxy) is 1. The molecule has 4 aromatic rings. The van der Waals surface area contributed by atoms with Gasteiger partial charge in [-0.15, -0.1) is 11.3 Å². The van der Waals surface area contributed by atoms with Crippen molar-refractivity contribution in [3.05, 3.63) is 88.9 Å². The van der Waals surface area contributed by atoms with Crippen LogP contribution < -0.4 is 10.1 Å². The van der Waals surface area contributed by atoms with Crippen molar-refractivity contribution in [2.24, 2.45) is 0 Å². The van der Waals surface area contributed by atoms with E-state index in [1.807, 2.05) is 61.5 Å². The topological polar surface area (TPSA) is 88.6 Å². The molecule has 0 atom stereocenters. The molecule has 1 aromatic heterocycles. The van der Waals surface area contributed by atoms with Crippen molar-refractivity contribution in [2.45, 2.75) is 24.9 Å². The lowest BCUT2D eigenvalue weighted by Gasteiger charge is -2.22. The molecular weight excluding hydrogens is 470 g/mol. The van der Waals surface area contributed by atoms with Gasteiger partial charge in [-0.25, -0.2) is 13.4 Å². The first-order valence-corrected chi connectivity index (χ1v) is 12.9. The minimum atomic E-state index is -3.94. The predicted octanol–water partition coefficient (Wildman–Crippen LogP) is 4.12. The molecule has 34 heavy (non-hydrogen) atoms. The number of aromatic nitrogens is 1. The summed E-state index contributed by atoms with van der Waals surface area (Å²) < 4.78 is 34.4. The van der Waals surface area contributed by atoms with E-state index in [0.717, 1.165) is 26.4 Å². The lowest BCUT2D eigenvalue weighted by atomic mass is 10.2. The standard InChI is InChI=1S/C25H25N3O4S2/c1-18-27-23-12-11-22(14-24(23)33-18)34(30,31)28(16-19-7-4-3-5-8-19)17-25(29)26-15-20-9-6-10-21(13-20)32-2/h3-14H,15-17H2,1-2H3,(H,26,29). The van der Waals surface area contributed by atoms with Gasteiger partial charge in [0.05, 0.1) is 33.8 Å². The second-order valence-corrected chi connectivity index (χ2v) is 10.9. The second-order valence-electron chi connectivity index (χ2n) is 7.75. The van der Waals surface area contributed by atoms with E-state index in [-0.39, 0.29) is 24.5 Å². The number of carbonyl (C=O) groups is 1. The van der Waals surface area contributed by atoms with Crippen molar-refractivity contribution in [1.82, 2.24) is 14.6 Å². The summed E-state index contributed by atoms with van der Waals surface area (Å²) in [7, 11) is -2.36. The number of thiazole rings is 1. The highest BCUT2D eigenvalue weighted by molar-refractivity contribution is 7.89. The molecule has 3 aromatic carbocycles. The summed E-state index contributed by atoms with van der Waals surface area (Å²) in [6.45, 7) is 1.92. The number of carbonyl (C=O) groups excluding carboxylic acids is 1. The Balaban J connectivity index is 1.56. The fourth-order valence-electron chi connectivity index (χ4n) is 3.54. The summed E-state index contributed by atoms with van der Waals surface area (Å²) in [5.74, 6) is 0.297. The van der Waals surface area contributed by atoms with E-state index in [4.69, 9.17) is 4.74 Å². The summed E-state index contributed by atoms with van der Waals surface area (Å²) in [6, 6.07) is 21.5. The maximum Gasteiger partial charge on any atom is 0.243 e. The third-order valence-electron chi connectivity index (χ3n) is 5.25. The number of hydrogen-bond acceptors (Lipinski definition) is 6. The maximum atomic E-state index is 13.6. The summed E-state index contributed by atoms with van der Waals surface area (Å²) in [5, 5.41) is 3.68. The lowest BCUT2D eigenvalue weighted by Crippen LogP contribution is -2.40. The highest BCUT2D eigenvalue weighted by Crippen LogP contribution is 2.27. The molecule has 0 unspecified atom stereocenters. The van der Waals surface area contributed by atoms with Crippen molar-refractivity contribution in [3.8, 4) is 5.75 Å². The number of aryl methyl sites for hydroxylation is 1. The van der Waals surface area contributed by atoms with Crippen molar-refractivity contribution in [3.63, 3.8) is 0 Å². The Morgan fingerprint density at radius 3 is 2.56 bits per heavy atom. The summed E-state index contributed by atoms with van der Waals surface area (Å²) >= 11 is 1.44. The van der Waals surface area contributed by atoms with Gasteiger partial charge in [0.1, 0.15) is 5.75 Å². The number of methoxy groups -OCH3 is 1. The molecule has 0 spiro atoms. The average molecular weight is 496 g/mol. The monoisotopic (exact) mass is 495 g/mol. The summed E-state index contributed by atoms with van der Waals surface area (Å²) in [6.07, 6.45) is 0. The molecule has 0 saturated heterocycles. The van der Waals surface area contributed by atoms with E-state index >= 15 is 0 Å². The van der Waals surface area contributed by atoms with Gasteiger partial charge in [0.2, 0.25) is 15.9 Å². The first-order valence-electron chi connectivity index (χ1n) is 10.7. The van der Waals surface area contributed by atoms with Gasteiger partial charge in [-0.2, -0.15) is 4.31 Å². The fourth-order valence-corrected chi connectivity index (χ4v) is 5.89. The van der Waals surface area contributed by atoms with Gasteiger partial charge in [-0.1, -0.05) is 42.5 Å². The van der Waals surface area contributed by atoms with E-state index in [0.29, 0.717) is 5.75 Å². The Morgan fingerprint density at radius 1 is 1.03 bits per heavy atom. The molecule has 4 rings (SSSR count). The molecule has 0 aliphatic rings. The van der Waals surface area contributed by atoms with E-state index < -0.39 is 15.9 Å². The van der Waals surface area contributed by atoms with Crippen LogP contribution in [0.5, 0.6) is 5.75 Å². The zero-order valence-electron chi connectivity index (χ0n) is 18.9. The SMILES string of the molecule is COc1cccc(CNC(=O)CN(Cc2ccccc2)S(=O)(=O)c2ccc3nc(C)sc3c2)c1. The minimum Gasteiger partial charge on any atom is -0.497 e. The molecule has 0 bridgehead atoms. The van der Waals surface area contributed by atoms with Crippen molar-refractivity contribution in [2.75, 3.05) is 13.7 Å². The lowest BCUT2D eigenvalue weighted by molar-refractivity contribution is -0.121. The highest BCUT2D eigenvalue weighted by atomic mass is 32.2. The van der Waals surface area contributed by atoms with Crippen LogP contribution in [-0.4, -0.2) is 37.3 Å². The van der Waals surface area contributed by atoms with Gasteiger partial charge < -0.3 is 10.1 Å². The van der Waals surface area contributed by atoms with E-state index in [9.17, 15) is 13.2 Å². The average Bonchev–Trinajstić information content (AvgIpc) is 3.22. The third kappa shape index (κ3) is 5.61. The van der Waals surface area contributed by atoms with E-state index in [1.54, 1.807) is 25.3 Å². The normalized spacial score (nSPS) is 11.6. The number of amides is 1. The van der Waals surface area contributed by atoms with Gasteiger partial charge in [-0.3, -0.25) is 4.79 Å². The van der Waals surface area contributed by atoms with Gasteiger partial charge in [-0.05, 0) is 48.4 Å². The molecule has 1 N–H and O–H groups in total. The minimum absolute atomic E-state index is 0.0789. The quantitative estimate of drug-likeness (QED) is 0.377. The molecule has 0 radical (unpaired) electrons. The fraction of sp³-hybridized carbons (Fsp3) is 0.200. The summed E-state index contributed by atoms with van der Waals surface area (Å²) in [5.41, 5.74) is 2.41. The van der Waals surface area contributed by atoms with Crippen LogP contribution in [0.2, 0.25) is 0 Å². The molecule has 0 saturated carbocycles. The maximum absolute atomic E-state index is 13.6. The Hall–Kier alpha value is -3.27. The number of benzene rings is 3. The molecule has 1 heterocycles. The zero-order valence-corrected chi connectivity index (χ0v) is 20.5. The Bertz CT molecular complexity index is 1400. The summed E-state index contributed by atoms with van der Waals surface area (Å²) in [4.78, 5) is 17.3. The number of fused-ring (bicyclic) bond motifs is 1. The molecule has 1 amide bonds. The number of sulfonamides is 1. The number of hydrogen-bond donors (Lipinski definition) is 1. The van der Waals surface area contributed by atoms with E-state index in [2.05, 4.69) is 10.3 Å². The third-order valence-corrected chi connectivity index (χ3v) is 7.97. The van der Waals surface area contributed by atoms with Crippen LogP contribution in [0.1, 0.15) is 16.1 Å². The van der Waals surface area contributed by atoms with Crippen LogP contribution >= 0.6 is 11.3 Å². The van der Waals surface area contributed by atoms with Crippen molar-refractivity contribution in [1.29, 1.82) is 0 Å². The number of nitrogens with zero attached hydrogens (tertiary/aromatic N) is 2. The molecule has 0 aliphatic heterocycles. The van der Waals surface area contributed by atoms with Crippen molar-refractivity contribution >= 4 is 37.5 Å². The zero-order chi connectivity index (χ0) is 24.1. The smallest absolute Gasteiger partial charge is 0.243 e. The Kier molecular flexibility index (Phi) is 7.26. The Labute approximate surface area is 203 Å². The number of rotatable bonds is 9. The van der Waals surface area contributed by atoms with Gasteiger partial charge in [0, 0.05) is 13.1 Å². The van der Waals surface area contributed by atoms with Gasteiger partial charge in [0.25, 0.3) is 0 Å². The van der Waals surface area contributed by atoms with Crippen LogP contribution in [0.3, 0.4) is 0 Å². The van der Waals surface area contributed by atoms with E-state index in [1.165, 1.54) is 15.6 Å². The van der Waals surface area contributed by atoms with Gasteiger partial charge >= 0.3 is 0 Å². The molecule has 176 valence electrons. The number of nitrogens with one attached hydrogen (secondary N) is 1. The molecule has 7 nitrogen and oxygen atoms in total. The van der Waals surface area contributed by atoms with Crippen LogP contribution in [-0.2, 0) is 27.9 Å². The first-order chi connectivity index (χ1) is 16.3. The Morgan fingerprint density at radius 2 is 1.79 bits per heavy atom. The van der Waals surface area contributed by atoms with Crippen LogP contribution in [0.15, 0.2) is 77.7 Å². The van der Waals surface area contributed by atoms with Crippen LogP contribution in [0.4, 0.5) is 0 Å². The highest BCUT2D eigenvalue weighted by Gasteiger charge is 2.27. The molecule has 9 heteroatoms. The van der Waals surface area contributed by atoms with Crippen LogP contribution in [0.25, 0.3) is 10.2 Å². The largest absolute Gasteiger partial charge is 0.497 e. The molecule has 0 fully saturated rings. The van der Waals surface area contributed by atoms with Gasteiger partial charge in [0.15, 0.2) is 0 Å². The first kappa shape index (κ1) is 23.9. The molecule has 0 aliphatic carbocycles.